The molecule has 1 aliphatic rings. The molecule has 0 aromatic heterocycles. The first-order valence-corrected chi connectivity index (χ1v) is 12.0. The van der Waals surface area contributed by atoms with Crippen LogP contribution in [0.3, 0.4) is 0 Å². The summed E-state index contributed by atoms with van der Waals surface area (Å²) in [4.78, 5) is 15.4. The molecule has 4 rings (SSSR count). The molecule has 4 N–H and O–H groups in total. The van der Waals surface area contributed by atoms with Crippen LogP contribution in [0.5, 0.6) is 0 Å². The number of rotatable bonds is 6. The third kappa shape index (κ3) is 5.17. The number of hydrogen-bond acceptors (Lipinski definition) is 4. The summed E-state index contributed by atoms with van der Waals surface area (Å²) in [6, 6.07) is 20.4. The minimum absolute atomic E-state index is 0.0404. The molecule has 166 valence electrons. The van der Waals surface area contributed by atoms with Gasteiger partial charge in [0.25, 0.3) is 0 Å². The lowest BCUT2D eigenvalue weighted by Crippen LogP contribution is -2.44. The smallest absolute Gasteiger partial charge is 0.237 e. The zero-order valence-electron chi connectivity index (χ0n) is 18.9. The van der Waals surface area contributed by atoms with Gasteiger partial charge < -0.3 is 16.4 Å². The summed E-state index contributed by atoms with van der Waals surface area (Å²) in [6.45, 7) is 7.10. The van der Waals surface area contributed by atoms with Crippen molar-refractivity contribution in [3.05, 3.63) is 88.5 Å². The van der Waals surface area contributed by atoms with Gasteiger partial charge in [-0.2, -0.15) is 0 Å². The number of fused-ring (bicyclic) bond motifs is 1. The lowest BCUT2D eigenvalue weighted by Gasteiger charge is -2.29. The van der Waals surface area contributed by atoms with E-state index in [1.807, 2.05) is 18.2 Å². The van der Waals surface area contributed by atoms with Crippen LogP contribution in [0.4, 0.5) is 5.69 Å². The Morgan fingerprint density at radius 3 is 2.50 bits per heavy atom. The first kappa shape index (κ1) is 22.4. The molecule has 1 heterocycles. The van der Waals surface area contributed by atoms with E-state index in [0.29, 0.717) is 6.42 Å². The SMILES string of the molecule is Cc1cc(C)c(C[C@H](N)C(=O)N[C@@H]2CCNc3ccc(Sc4ccccc4)cc32)c(C)c1. The number of carbonyl (C=O) groups is 1. The normalized spacial score (nSPS) is 16.1. The Balaban J connectivity index is 1.48. The molecule has 0 bridgehead atoms. The minimum atomic E-state index is -0.574. The van der Waals surface area contributed by atoms with Crippen molar-refractivity contribution in [1.29, 1.82) is 0 Å². The molecule has 4 nitrogen and oxygen atoms in total. The number of carbonyl (C=O) groups excluding carboxylic acids is 1. The number of nitrogens with two attached hydrogens (primary N) is 1. The quantitative estimate of drug-likeness (QED) is 0.481. The highest BCUT2D eigenvalue weighted by Gasteiger charge is 2.25. The first-order valence-electron chi connectivity index (χ1n) is 11.1. The van der Waals surface area contributed by atoms with Gasteiger partial charge in [-0.05, 0) is 86.2 Å². The second-order valence-electron chi connectivity index (χ2n) is 8.63. The zero-order valence-corrected chi connectivity index (χ0v) is 19.8. The largest absolute Gasteiger partial charge is 0.385 e. The molecular weight excluding hydrogens is 414 g/mol. The lowest BCUT2D eigenvalue weighted by atomic mass is 9.93. The van der Waals surface area contributed by atoms with E-state index in [0.717, 1.165) is 29.1 Å². The van der Waals surface area contributed by atoms with Crippen molar-refractivity contribution in [3.63, 3.8) is 0 Å². The van der Waals surface area contributed by atoms with Gasteiger partial charge in [-0.15, -0.1) is 0 Å². The van der Waals surface area contributed by atoms with Crippen molar-refractivity contribution >= 4 is 23.4 Å². The molecule has 0 aliphatic carbocycles. The average Bonchev–Trinajstić information content (AvgIpc) is 2.77. The fourth-order valence-electron chi connectivity index (χ4n) is 4.46. The molecule has 0 spiro atoms. The van der Waals surface area contributed by atoms with Gasteiger partial charge in [0.1, 0.15) is 0 Å². The molecule has 32 heavy (non-hydrogen) atoms. The fourth-order valence-corrected chi connectivity index (χ4v) is 5.35. The maximum absolute atomic E-state index is 13.0. The minimum Gasteiger partial charge on any atom is -0.385 e. The predicted octanol–water partition coefficient (Wildman–Crippen LogP) is 5.31. The van der Waals surface area contributed by atoms with Crippen molar-refractivity contribution in [2.45, 2.75) is 55.5 Å². The summed E-state index contributed by atoms with van der Waals surface area (Å²) in [5.41, 5.74) is 13.4. The Kier molecular flexibility index (Phi) is 6.87. The summed E-state index contributed by atoms with van der Waals surface area (Å²) in [7, 11) is 0. The van der Waals surface area contributed by atoms with E-state index >= 15 is 0 Å². The second-order valence-corrected chi connectivity index (χ2v) is 9.78. The Bertz CT molecular complexity index is 1090. The molecule has 1 amide bonds. The number of amides is 1. The van der Waals surface area contributed by atoms with Gasteiger partial charge in [0.05, 0.1) is 12.1 Å². The number of nitrogens with one attached hydrogen (secondary N) is 2. The molecule has 0 saturated heterocycles. The zero-order chi connectivity index (χ0) is 22.7. The van der Waals surface area contributed by atoms with Gasteiger partial charge in [-0.25, -0.2) is 0 Å². The van der Waals surface area contributed by atoms with Crippen LogP contribution in [0.2, 0.25) is 0 Å². The fraction of sp³-hybridized carbons (Fsp3) is 0.296. The van der Waals surface area contributed by atoms with Gasteiger partial charge in [0, 0.05) is 22.0 Å². The topological polar surface area (TPSA) is 67.2 Å². The summed E-state index contributed by atoms with van der Waals surface area (Å²) in [6.07, 6.45) is 1.39. The number of aryl methyl sites for hydroxylation is 3. The van der Waals surface area contributed by atoms with E-state index in [9.17, 15) is 4.79 Å². The van der Waals surface area contributed by atoms with Crippen molar-refractivity contribution < 1.29 is 4.79 Å². The number of benzene rings is 3. The van der Waals surface area contributed by atoms with Crippen LogP contribution < -0.4 is 16.4 Å². The highest BCUT2D eigenvalue weighted by Crippen LogP contribution is 2.36. The van der Waals surface area contributed by atoms with Gasteiger partial charge in [-0.3, -0.25) is 4.79 Å². The average molecular weight is 446 g/mol. The standard InChI is InChI=1S/C27H31N3OS/c1-17-13-18(2)22(19(3)14-17)16-24(28)27(31)30-26-11-12-29-25-10-9-21(15-23(25)26)32-20-7-5-4-6-8-20/h4-10,13-15,24,26,29H,11-12,16,28H2,1-3H3,(H,30,31)/t24-,26+/m0/s1. The van der Waals surface area contributed by atoms with Crippen molar-refractivity contribution in [3.8, 4) is 0 Å². The van der Waals surface area contributed by atoms with Gasteiger partial charge in [0.15, 0.2) is 0 Å². The van der Waals surface area contributed by atoms with Crippen LogP contribution in [-0.4, -0.2) is 18.5 Å². The third-order valence-electron chi connectivity index (χ3n) is 6.04. The molecule has 0 saturated carbocycles. The first-order chi connectivity index (χ1) is 15.4. The van der Waals surface area contributed by atoms with E-state index in [2.05, 4.69) is 73.9 Å². The predicted molar refractivity (Wildman–Crippen MR) is 133 cm³/mol. The lowest BCUT2D eigenvalue weighted by molar-refractivity contribution is -0.123. The summed E-state index contributed by atoms with van der Waals surface area (Å²) in [5, 5.41) is 6.68. The van der Waals surface area contributed by atoms with Gasteiger partial charge >= 0.3 is 0 Å². The van der Waals surface area contributed by atoms with Crippen LogP contribution in [0.15, 0.2) is 70.5 Å². The molecule has 2 atom stereocenters. The Hall–Kier alpha value is -2.76. The van der Waals surface area contributed by atoms with Gasteiger partial charge in [-0.1, -0.05) is 47.7 Å². The molecule has 1 aliphatic heterocycles. The Morgan fingerprint density at radius 2 is 1.78 bits per heavy atom. The maximum Gasteiger partial charge on any atom is 0.237 e. The van der Waals surface area contributed by atoms with Crippen LogP contribution >= 0.6 is 11.8 Å². The second kappa shape index (κ2) is 9.80. The van der Waals surface area contributed by atoms with Gasteiger partial charge in [0.2, 0.25) is 5.91 Å². The molecule has 0 radical (unpaired) electrons. The van der Waals surface area contributed by atoms with Crippen LogP contribution in [0, 0.1) is 20.8 Å². The maximum atomic E-state index is 13.0. The Morgan fingerprint density at radius 1 is 1.06 bits per heavy atom. The highest BCUT2D eigenvalue weighted by atomic mass is 32.2. The molecule has 0 unspecified atom stereocenters. The van der Waals surface area contributed by atoms with Crippen LogP contribution in [-0.2, 0) is 11.2 Å². The molecule has 3 aromatic carbocycles. The Labute approximate surface area is 195 Å². The van der Waals surface area contributed by atoms with E-state index in [-0.39, 0.29) is 11.9 Å². The van der Waals surface area contributed by atoms with Crippen molar-refractivity contribution in [2.24, 2.45) is 5.73 Å². The van der Waals surface area contributed by atoms with E-state index in [1.165, 1.54) is 27.1 Å². The number of hydrogen-bond donors (Lipinski definition) is 3. The van der Waals surface area contributed by atoms with E-state index in [1.54, 1.807) is 11.8 Å². The van der Waals surface area contributed by atoms with Crippen molar-refractivity contribution in [2.75, 3.05) is 11.9 Å². The molecule has 0 fully saturated rings. The summed E-state index contributed by atoms with van der Waals surface area (Å²) < 4.78 is 0. The number of anilines is 1. The summed E-state index contributed by atoms with van der Waals surface area (Å²) >= 11 is 1.73. The van der Waals surface area contributed by atoms with E-state index in [4.69, 9.17) is 5.73 Å². The molecule has 5 heteroatoms. The highest BCUT2D eigenvalue weighted by molar-refractivity contribution is 7.99. The van der Waals surface area contributed by atoms with Crippen LogP contribution in [0.25, 0.3) is 0 Å². The monoisotopic (exact) mass is 445 g/mol. The van der Waals surface area contributed by atoms with Crippen LogP contribution in [0.1, 0.15) is 40.3 Å². The third-order valence-corrected chi connectivity index (χ3v) is 7.04. The van der Waals surface area contributed by atoms with E-state index < -0.39 is 6.04 Å². The molecular formula is C27H31N3OS. The summed E-state index contributed by atoms with van der Waals surface area (Å²) in [5.74, 6) is -0.0941. The van der Waals surface area contributed by atoms with Crippen molar-refractivity contribution in [1.82, 2.24) is 5.32 Å². The molecule has 3 aromatic rings.